The van der Waals surface area contributed by atoms with E-state index in [-0.39, 0.29) is 24.6 Å². The minimum Gasteiger partial charge on any atom is -0.466 e. The van der Waals surface area contributed by atoms with Crippen LogP contribution in [-0.2, 0) is 22.1 Å². The van der Waals surface area contributed by atoms with Crippen molar-refractivity contribution in [3.8, 4) is 0 Å². The van der Waals surface area contributed by atoms with Gasteiger partial charge in [0.05, 0.1) is 17.6 Å². The molecule has 1 heterocycles. The molecule has 1 aromatic carbocycles. The molecule has 3 nitrogen and oxygen atoms in total. The zero-order chi connectivity index (χ0) is 20.1. The van der Waals surface area contributed by atoms with E-state index in [0.717, 1.165) is 11.8 Å². The van der Waals surface area contributed by atoms with Gasteiger partial charge in [-0.05, 0) is 64.1 Å². The zero-order valence-corrected chi connectivity index (χ0v) is 17.0. The largest absolute Gasteiger partial charge is 0.466 e. The first-order chi connectivity index (χ1) is 12.7. The number of hydrogen-bond acceptors (Lipinski definition) is 4. The topological polar surface area (TPSA) is 29.5 Å². The Labute approximate surface area is 163 Å². The predicted octanol–water partition coefficient (Wildman–Crippen LogP) is 4.64. The lowest BCUT2D eigenvalue weighted by Gasteiger charge is -2.42. The number of alkyl halides is 3. The van der Waals surface area contributed by atoms with Gasteiger partial charge in [0.2, 0.25) is 0 Å². The molecular formula is C20H28F3NO2S. The zero-order valence-electron chi connectivity index (χ0n) is 16.1. The highest BCUT2D eigenvalue weighted by molar-refractivity contribution is 7.98. The van der Waals surface area contributed by atoms with Gasteiger partial charge in [0.1, 0.15) is 0 Å². The number of esters is 1. The lowest BCUT2D eigenvalue weighted by molar-refractivity contribution is -0.159. The van der Waals surface area contributed by atoms with Gasteiger partial charge >= 0.3 is 12.1 Å². The summed E-state index contributed by atoms with van der Waals surface area (Å²) in [6.07, 6.45) is -1.29. The molecule has 0 saturated carbocycles. The number of ether oxygens (including phenoxy) is 1. The van der Waals surface area contributed by atoms with Crippen molar-refractivity contribution in [3.05, 3.63) is 35.4 Å². The van der Waals surface area contributed by atoms with Crippen molar-refractivity contribution in [2.24, 2.45) is 5.41 Å². The van der Waals surface area contributed by atoms with Gasteiger partial charge in [-0.2, -0.15) is 24.9 Å². The molecule has 1 aliphatic rings. The molecule has 0 aromatic heterocycles. The molecule has 7 heteroatoms. The van der Waals surface area contributed by atoms with E-state index < -0.39 is 17.2 Å². The molecule has 27 heavy (non-hydrogen) atoms. The second kappa shape index (κ2) is 9.32. The van der Waals surface area contributed by atoms with Crippen LogP contribution in [0.1, 0.15) is 37.8 Å². The molecule has 152 valence electrons. The van der Waals surface area contributed by atoms with Crippen LogP contribution in [0.2, 0.25) is 0 Å². The van der Waals surface area contributed by atoms with Gasteiger partial charge in [0.25, 0.3) is 0 Å². The van der Waals surface area contributed by atoms with Gasteiger partial charge in [-0.1, -0.05) is 18.2 Å². The third kappa shape index (κ3) is 5.41. The monoisotopic (exact) mass is 403 g/mol. The normalized spacial score (nSPS) is 18.9. The molecule has 0 spiro atoms. The fourth-order valence-electron chi connectivity index (χ4n) is 3.79. The molecule has 0 unspecified atom stereocenters. The fraction of sp³-hybridized carbons (Fsp3) is 0.650. The molecule has 0 amide bonds. The van der Waals surface area contributed by atoms with Gasteiger partial charge in [-0.15, -0.1) is 0 Å². The summed E-state index contributed by atoms with van der Waals surface area (Å²) in [5.74, 6) is 0.614. The van der Waals surface area contributed by atoms with E-state index in [1.54, 1.807) is 24.8 Å². The third-order valence-corrected chi connectivity index (χ3v) is 6.16. The molecule has 0 N–H and O–H groups in total. The number of piperidine rings is 1. The second-order valence-electron chi connectivity index (χ2n) is 7.17. The van der Waals surface area contributed by atoms with Gasteiger partial charge in [0.15, 0.2) is 0 Å². The lowest BCUT2D eigenvalue weighted by atomic mass is 9.73. The number of nitrogens with zero attached hydrogens (tertiary/aromatic N) is 1. The lowest BCUT2D eigenvalue weighted by Crippen LogP contribution is -2.49. The number of thioether (sulfide) groups is 1. The van der Waals surface area contributed by atoms with Crippen LogP contribution in [-0.4, -0.2) is 48.6 Å². The van der Waals surface area contributed by atoms with Crippen molar-refractivity contribution in [1.82, 2.24) is 4.90 Å². The van der Waals surface area contributed by atoms with Crippen molar-refractivity contribution in [2.75, 3.05) is 31.7 Å². The van der Waals surface area contributed by atoms with E-state index in [9.17, 15) is 18.0 Å². The number of hydrogen-bond donors (Lipinski definition) is 0. The van der Waals surface area contributed by atoms with E-state index in [1.807, 2.05) is 0 Å². The molecule has 0 bridgehead atoms. The van der Waals surface area contributed by atoms with Crippen molar-refractivity contribution < 1.29 is 22.7 Å². The molecule has 0 radical (unpaired) electrons. The van der Waals surface area contributed by atoms with E-state index in [1.165, 1.54) is 12.1 Å². The first-order valence-corrected chi connectivity index (χ1v) is 10.7. The summed E-state index contributed by atoms with van der Waals surface area (Å²) in [6.45, 7) is 5.48. The third-order valence-electron chi connectivity index (χ3n) is 5.35. The maximum atomic E-state index is 13.4. The van der Waals surface area contributed by atoms with Crippen LogP contribution in [0.3, 0.4) is 0 Å². The Morgan fingerprint density at radius 3 is 2.48 bits per heavy atom. The average molecular weight is 404 g/mol. The van der Waals surface area contributed by atoms with Crippen LogP contribution in [0.15, 0.2) is 24.3 Å². The molecule has 1 aromatic rings. The van der Waals surface area contributed by atoms with Gasteiger partial charge in [-0.3, -0.25) is 9.69 Å². The van der Waals surface area contributed by atoms with Crippen LogP contribution in [0.5, 0.6) is 0 Å². The summed E-state index contributed by atoms with van der Waals surface area (Å²) >= 11 is 1.77. The van der Waals surface area contributed by atoms with E-state index in [2.05, 4.69) is 18.1 Å². The first kappa shape index (κ1) is 22.1. The average Bonchev–Trinajstić information content (AvgIpc) is 2.62. The predicted molar refractivity (Wildman–Crippen MR) is 103 cm³/mol. The van der Waals surface area contributed by atoms with Crippen LogP contribution in [0.4, 0.5) is 13.2 Å². The van der Waals surface area contributed by atoms with E-state index >= 15 is 0 Å². The minimum absolute atomic E-state index is 0.0618. The second-order valence-corrected chi connectivity index (χ2v) is 8.08. The fourth-order valence-corrected chi connectivity index (χ4v) is 4.49. The van der Waals surface area contributed by atoms with Crippen molar-refractivity contribution >= 4 is 17.7 Å². The number of rotatable bonds is 7. The summed E-state index contributed by atoms with van der Waals surface area (Å²) in [7, 11) is 0. The Hall–Kier alpha value is -1.21. The Morgan fingerprint density at radius 2 is 1.93 bits per heavy atom. The molecule has 0 aliphatic carbocycles. The van der Waals surface area contributed by atoms with Crippen molar-refractivity contribution in [1.29, 1.82) is 0 Å². The molecule has 1 saturated heterocycles. The summed E-state index contributed by atoms with van der Waals surface area (Å²) in [5.41, 5.74) is -1.39. The highest BCUT2D eigenvalue weighted by Gasteiger charge is 2.45. The van der Waals surface area contributed by atoms with E-state index in [0.29, 0.717) is 32.0 Å². The summed E-state index contributed by atoms with van der Waals surface area (Å²) in [5, 5.41) is 0. The SMILES string of the molecule is CCOC(=O)C1(Cc2ccccc2C(F)(F)F)CCN([C@@H](C)CSC)CC1. The highest BCUT2D eigenvalue weighted by Crippen LogP contribution is 2.41. The minimum atomic E-state index is -4.43. The molecule has 1 aliphatic heterocycles. The van der Waals surface area contributed by atoms with Crippen LogP contribution in [0.25, 0.3) is 0 Å². The number of halogens is 3. The summed E-state index contributed by atoms with van der Waals surface area (Å²) in [6, 6.07) is 5.92. The maximum absolute atomic E-state index is 13.4. The Balaban J connectivity index is 2.26. The van der Waals surface area contributed by atoms with Crippen molar-refractivity contribution in [2.45, 2.75) is 45.3 Å². The van der Waals surface area contributed by atoms with Crippen molar-refractivity contribution in [3.63, 3.8) is 0 Å². The molecular weight excluding hydrogens is 375 g/mol. The molecule has 2 rings (SSSR count). The summed E-state index contributed by atoms with van der Waals surface area (Å²) in [4.78, 5) is 15.1. The van der Waals surface area contributed by atoms with Gasteiger partial charge < -0.3 is 4.74 Å². The first-order valence-electron chi connectivity index (χ1n) is 9.29. The van der Waals surface area contributed by atoms with Crippen LogP contribution < -0.4 is 0 Å². The highest BCUT2D eigenvalue weighted by atomic mass is 32.2. The smallest absolute Gasteiger partial charge is 0.416 e. The van der Waals surface area contributed by atoms with E-state index in [4.69, 9.17) is 4.74 Å². The van der Waals surface area contributed by atoms with Crippen LogP contribution in [0, 0.1) is 5.41 Å². The van der Waals surface area contributed by atoms with Gasteiger partial charge in [-0.25, -0.2) is 0 Å². The summed E-state index contributed by atoms with van der Waals surface area (Å²) < 4.78 is 45.5. The van der Waals surface area contributed by atoms with Gasteiger partial charge in [0, 0.05) is 11.8 Å². The molecule has 1 atom stereocenters. The maximum Gasteiger partial charge on any atom is 0.416 e. The van der Waals surface area contributed by atoms with Crippen LogP contribution >= 0.6 is 11.8 Å². The Kier molecular flexibility index (Phi) is 7.63. The number of benzene rings is 1. The number of carbonyl (C=O) groups is 1. The number of carbonyl (C=O) groups excluding carboxylic acids is 1. The Bertz CT molecular complexity index is 628. The number of likely N-dealkylation sites (tertiary alicyclic amines) is 1. The standard InChI is InChI=1S/C20H28F3NO2S/c1-4-26-18(25)19(9-11-24(12-10-19)15(2)14-27-3)13-16-7-5-6-8-17(16)20(21,22)23/h5-8,15H,4,9-14H2,1-3H3/t15-/m0/s1. The molecule has 1 fully saturated rings. The Morgan fingerprint density at radius 1 is 1.30 bits per heavy atom. The quantitative estimate of drug-likeness (QED) is 0.620.